The fraction of sp³-hybridized carbons (Fsp3) is 0.217. The number of hydrogen-bond acceptors (Lipinski definition) is 7. The van der Waals surface area contributed by atoms with Crippen molar-refractivity contribution in [1.82, 2.24) is 10.3 Å². The van der Waals surface area contributed by atoms with Crippen LogP contribution in [0.2, 0.25) is 0 Å². The highest BCUT2D eigenvalue weighted by Gasteiger charge is 2.18. The summed E-state index contributed by atoms with van der Waals surface area (Å²) in [6.45, 7) is 1.77. The molecule has 0 bridgehead atoms. The van der Waals surface area contributed by atoms with E-state index in [0.717, 1.165) is 27.4 Å². The summed E-state index contributed by atoms with van der Waals surface area (Å²) in [7, 11) is 0. The lowest BCUT2D eigenvalue weighted by molar-refractivity contribution is -0.242. The summed E-state index contributed by atoms with van der Waals surface area (Å²) in [6, 6.07) is 14.8. The van der Waals surface area contributed by atoms with Gasteiger partial charge in [0.25, 0.3) is 5.91 Å². The van der Waals surface area contributed by atoms with Gasteiger partial charge in [-0.3, -0.25) is 9.59 Å². The van der Waals surface area contributed by atoms with Gasteiger partial charge in [-0.15, -0.1) is 11.8 Å². The van der Waals surface area contributed by atoms with Crippen LogP contribution in [0.3, 0.4) is 0 Å². The number of hydrogen-bond donors (Lipinski definition) is 3. The Kier molecular flexibility index (Phi) is 8.45. The van der Waals surface area contributed by atoms with Crippen molar-refractivity contribution in [2.45, 2.75) is 31.2 Å². The van der Waals surface area contributed by atoms with Crippen LogP contribution in [0.5, 0.6) is 0 Å². The molecule has 0 aliphatic heterocycles. The third kappa shape index (κ3) is 7.33. The molecule has 0 radical (unpaired) electrons. The molecule has 3 amide bonds. The summed E-state index contributed by atoms with van der Waals surface area (Å²) in [5, 5.41) is 18.8. The molecule has 0 saturated heterocycles. The zero-order chi connectivity index (χ0) is 23.8. The Morgan fingerprint density at radius 2 is 1.64 bits per heavy atom. The first-order valence-electron chi connectivity index (χ1n) is 10.1. The van der Waals surface area contributed by atoms with Crippen LogP contribution < -0.4 is 21.1 Å². The maximum Gasteiger partial charge on any atom is 0.263 e. The second-order valence-corrected chi connectivity index (χ2v) is 8.99. The normalized spacial score (nSPS) is 10.5. The van der Waals surface area contributed by atoms with Crippen LogP contribution >= 0.6 is 23.1 Å². The second-order valence-electron chi connectivity index (χ2n) is 7.12. The number of anilines is 2. The number of thiazole rings is 1. The SMILES string of the molecule is CSc1ccc(CNC(=O)c2sc(NC(C)=O)nc2CCc2ccc(NC(=O)[O-])cc2)cc1. The number of carboxylic acid groups (broad SMARTS) is 1. The molecule has 1 heterocycles. The fourth-order valence-corrected chi connectivity index (χ4v) is 4.43. The van der Waals surface area contributed by atoms with Crippen LogP contribution in [0.4, 0.5) is 15.6 Å². The zero-order valence-corrected chi connectivity index (χ0v) is 19.8. The van der Waals surface area contributed by atoms with E-state index in [9.17, 15) is 19.5 Å². The quantitative estimate of drug-likeness (QED) is 0.401. The van der Waals surface area contributed by atoms with Gasteiger partial charge in [-0.25, -0.2) is 4.98 Å². The van der Waals surface area contributed by atoms with Crippen molar-refractivity contribution in [2.24, 2.45) is 0 Å². The third-order valence-electron chi connectivity index (χ3n) is 4.65. The summed E-state index contributed by atoms with van der Waals surface area (Å²) in [5.41, 5.74) is 2.95. The van der Waals surface area contributed by atoms with E-state index in [1.54, 1.807) is 36.0 Å². The molecule has 8 nitrogen and oxygen atoms in total. The van der Waals surface area contributed by atoms with Gasteiger partial charge in [-0.05, 0) is 54.5 Å². The third-order valence-corrected chi connectivity index (χ3v) is 6.40. The first kappa shape index (κ1) is 24.3. The van der Waals surface area contributed by atoms with Gasteiger partial charge in [0.1, 0.15) is 11.0 Å². The number of carbonyl (C=O) groups excluding carboxylic acids is 3. The number of carbonyl (C=O) groups is 3. The molecule has 0 fully saturated rings. The van der Waals surface area contributed by atoms with Gasteiger partial charge in [-0.1, -0.05) is 35.6 Å². The molecular formula is C23H23N4O4S2-. The average molecular weight is 484 g/mol. The van der Waals surface area contributed by atoms with Gasteiger partial charge < -0.3 is 25.9 Å². The minimum absolute atomic E-state index is 0.249. The standard InChI is InChI=1S/C23H24N4O4S2/c1-14(28)25-22-27-19(12-7-15-3-8-17(9-4-15)26-23(30)31)20(33-22)21(29)24-13-16-5-10-18(32-2)11-6-16/h3-6,8-11,26H,7,12-13H2,1-2H3,(H,24,29)(H,30,31)(H,25,27,28)/p-1. The van der Waals surface area contributed by atoms with Gasteiger partial charge in [-0.2, -0.15) is 0 Å². The topological polar surface area (TPSA) is 123 Å². The van der Waals surface area contributed by atoms with E-state index in [0.29, 0.717) is 40.8 Å². The minimum atomic E-state index is -1.37. The van der Waals surface area contributed by atoms with Crippen molar-refractivity contribution in [3.05, 3.63) is 70.2 Å². The van der Waals surface area contributed by atoms with Crippen molar-refractivity contribution in [3.8, 4) is 0 Å². The summed E-state index contributed by atoms with van der Waals surface area (Å²) < 4.78 is 0. The van der Waals surface area contributed by atoms with Crippen LogP contribution in [-0.4, -0.2) is 29.1 Å². The minimum Gasteiger partial charge on any atom is -0.530 e. The molecular weight excluding hydrogens is 460 g/mol. The molecule has 2 aromatic carbocycles. The summed E-state index contributed by atoms with van der Waals surface area (Å²) >= 11 is 2.80. The van der Waals surface area contributed by atoms with Crippen molar-refractivity contribution in [2.75, 3.05) is 16.9 Å². The highest BCUT2D eigenvalue weighted by atomic mass is 32.2. The Bertz CT molecular complexity index is 1130. The van der Waals surface area contributed by atoms with E-state index in [1.165, 1.54) is 6.92 Å². The molecule has 1 aromatic heterocycles. The van der Waals surface area contributed by atoms with Crippen LogP contribution in [0.15, 0.2) is 53.4 Å². The number of aromatic nitrogens is 1. The second kappa shape index (κ2) is 11.5. The van der Waals surface area contributed by atoms with Crippen LogP contribution in [0, 0.1) is 0 Å². The van der Waals surface area contributed by atoms with Crippen molar-refractivity contribution < 1.29 is 19.5 Å². The Hall–Kier alpha value is -3.37. The maximum absolute atomic E-state index is 12.9. The first-order chi connectivity index (χ1) is 15.8. The maximum atomic E-state index is 12.9. The smallest absolute Gasteiger partial charge is 0.263 e. The highest BCUT2D eigenvalue weighted by molar-refractivity contribution is 7.98. The van der Waals surface area contributed by atoms with E-state index in [1.807, 2.05) is 30.5 Å². The van der Waals surface area contributed by atoms with Crippen molar-refractivity contribution in [3.63, 3.8) is 0 Å². The molecule has 0 atom stereocenters. The van der Waals surface area contributed by atoms with Gasteiger partial charge in [0, 0.05) is 24.1 Å². The molecule has 172 valence electrons. The lowest BCUT2D eigenvalue weighted by atomic mass is 10.1. The zero-order valence-electron chi connectivity index (χ0n) is 18.1. The Balaban J connectivity index is 1.69. The number of nitrogens with zero attached hydrogens (tertiary/aromatic N) is 1. The van der Waals surface area contributed by atoms with Gasteiger partial charge in [0.15, 0.2) is 5.13 Å². The first-order valence-corrected chi connectivity index (χ1v) is 12.1. The van der Waals surface area contributed by atoms with Crippen LogP contribution in [-0.2, 0) is 24.2 Å². The highest BCUT2D eigenvalue weighted by Crippen LogP contribution is 2.25. The lowest BCUT2D eigenvalue weighted by Gasteiger charge is -2.08. The number of thioether (sulfide) groups is 1. The molecule has 3 N–H and O–H groups in total. The fourth-order valence-electron chi connectivity index (χ4n) is 3.04. The molecule has 3 rings (SSSR count). The Labute approximate surface area is 199 Å². The molecule has 0 aliphatic rings. The molecule has 33 heavy (non-hydrogen) atoms. The number of amides is 3. The van der Waals surface area contributed by atoms with E-state index >= 15 is 0 Å². The summed E-state index contributed by atoms with van der Waals surface area (Å²) in [5.74, 6) is -0.506. The largest absolute Gasteiger partial charge is 0.530 e. The average Bonchev–Trinajstić information content (AvgIpc) is 3.19. The van der Waals surface area contributed by atoms with Gasteiger partial charge in [0.05, 0.1) is 5.69 Å². The van der Waals surface area contributed by atoms with Crippen LogP contribution in [0.1, 0.15) is 33.4 Å². The number of benzene rings is 2. The molecule has 0 saturated carbocycles. The van der Waals surface area contributed by atoms with Gasteiger partial charge in [0.2, 0.25) is 5.91 Å². The lowest BCUT2D eigenvalue weighted by Crippen LogP contribution is -2.28. The number of aryl methyl sites for hydroxylation is 2. The monoisotopic (exact) mass is 483 g/mol. The molecule has 0 spiro atoms. The van der Waals surface area contributed by atoms with E-state index in [4.69, 9.17) is 0 Å². The number of nitrogens with one attached hydrogen (secondary N) is 3. The molecule has 3 aromatic rings. The van der Waals surface area contributed by atoms with Crippen LogP contribution in [0.25, 0.3) is 0 Å². The predicted octanol–water partition coefficient (Wildman–Crippen LogP) is 3.29. The predicted molar refractivity (Wildman–Crippen MR) is 129 cm³/mol. The van der Waals surface area contributed by atoms with E-state index < -0.39 is 6.09 Å². The van der Waals surface area contributed by atoms with Gasteiger partial charge >= 0.3 is 0 Å². The van der Waals surface area contributed by atoms with Crippen molar-refractivity contribution >= 4 is 51.8 Å². The summed E-state index contributed by atoms with van der Waals surface area (Å²) in [6.07, 6.45) is 1.71. The van der Waals surface area contributed by atoms with Crippen molar-refractivity contribution in [1.29, 1.82) is 0 Å². The molecule has 0 unspecified atom stereocenters. The molecule has 10 heteroatoms. The number of rotatable bonds is 9. The van der Waals surface area contributed by atoms with E-state index in [-0.39, 0.29) is 11.8 Å². The Morgan fingerprint density at radius 1 is 0.970 bits per heavy atom. The molecule has 0 aliphatic carbocycles. The van der Waals surface area contributed by atoms with E-state index in [2.05, 4.69) is 20.9 Å². The Morgan fingerprint density at radius 3 is 2.24 bits per heavy atom. The summed E-state index contributed by atoms with van der Waals surface area (Å²) in [4.78, 5) is 41.0.